The molecule has 0 spiro atoms. The Morgan fingerprint density at radius 2 is 1.70 bits per heavy atom. The summed E-state index contributed by atoms with van der Waals surface area (Å²) in [5.74, 6) is 0.798. The molecule has 3 aromatic carbocycles. The largest absolute Gasteiger partial charge is 0.508 e. The van der Waals surface area contributed by atoms with Crippen molar-refractivity contribution in [3.8, 4) is 22.8 Å². The summed E-state index contributed by atoms with van der Waals surface area (Å²) in [6.45, 7) is 8.80. The minimum Gasteiger partial charge on any atom is -0.508 e. The molecule has 210 valence electrons. The minimum absolute atomic E-state index is 0.0345. The number of phenols is 2. The normalized spacial score (nSPS) is 13.4. The Morgan fingerprint density at radius 1 is 0.975 bits per heavy atom. The van der Waals surface area contributed by atoms with Gasteiger partial charge < -0.3 is 19.8 Å². The number of anilines is 1. The number of halogens is 1. The lowest BCUT2D eigenvalue weighted by Crippen LogP contribution is -2.28. The second kappa shape index (κ2) is 14.4. The van der Waals surface area contributed by atoms with Crippen LogP contribution >= 0.6 is 23.5 Å². The summed E-state index contributed by atoms with van der Waals surface area (Å²) < 4.78 is 2.15. The van der Waals surface area contributed by atoms with Crippen LogP contribution in [0.4, 0.5) is 5.69 Å². The molecule has 6 nitrogen and oxygen atoms in total. The lowest BCUT2D eigenvalue weighted by atomic mass is 9.90. The Labute approximate surface area is 246 Å². The predicted octanol–water partition coefficient (Wildman–Crippen LogP) is 7.80. The van der Waals surface area contributed by atoms with Crippen LogP contribution in [0.1, 0.15) is 43.4 Å². The molecule has 1 fully saturated rings. The van der Waals surface area contributed by atoms with E-state index in [1.165, 1.54) is 42.0 Å². The fourth-order valence-electron chi connectivity index (χ4n) is 4.82. The van der Waals surface area contributed by atoms with Crippen molar-refractivity contribution in [1.82, 2.24) is 15.3 Å². The van der Waals surface area contributed by atoms with Crippen LogP contribution in [0.3, 0.4) is 0 Å². The van der Waals surface area contributed by atoms with Gasteiger partial charge in [0.15, 0.2) is 0 Å². The van der Waals surface area contributed by atoms with Crippen molar-refractivity contribution >= 4 is 29.2 Å². The summed E-state index contributed by atoms with van der Waals surface area (Å²) in [5, 5.41) is 23.9. The van der Waals surface area contributed by atoms with Crippen molar-refractivity contribution in [3.63, 3.8) is 0 Å². The molecule has 5 rings (SSSR count). The van der Waals surface area contributed by atoms with Gasteiger partial charge in [0.1, 0.15) is 11.5 Å². The third-order valence-corrected chi connectivity index (χ3v) is 8.11. The van der Waals surface area contributed by atoms with Crippen LogP contribution in [0.25, 0.3) is 11.3 Å². The molecule has 1 saturated heterocycles. The Bertz CT molecular complexity index is 1390. The SMILES string of the molecule is CC.Cc1cnc(Cl)nc1-c1ccc(N(Cc2cccc(CC3CCNCC3)c2)Sc2ccc(O)cc2O)cc1. The third kappa shape index (κ3) is 7.90. The maximum absolute atomic E-state index is 10.5. The van der Waals surface area contributed by atoms with Gasteiger partial charge in [0, 0.05) is 23.5 Å². The van der Waals surface area contributed by atoms with Gasteiger partial charge in [-0.1, -0.05) is 50.2 Å². The number of piperidine rings is 1. The maximum Gasteiger partial charge on any atom is 0.222 e. The zero-order valence-electron chi connectivity index (χ0n) is 23.3. The second-order valence-corrected chi connectivity index (χ2v) is 11.1. The fourth-order valence-corrected chi connectivity index (χ4v) is 5.91. The lowest BCUT2D eigenvalue weighted by molar-refractivity contribution is 0.372. The van der Waals surface area contributed by atoms with Crippen LogP contribution in [0.2, 0.25) is 5.28 Å². The van der Waals surface area contributed by atoms with E-state index in [2.05, 4.69) is 43.9 Å². The van der Waals surface area contributed by atoms with Crippen molar-refractivity contribution in [1.29, 1.82) is 0 Å². The van der Waals surface area contributed by atoms with Crippen LogP contribution in [0, 0.1) is 12.8 Å². The smallest absolute Gasteiger partial charge is 0.222 e. The van der Waals surface area contributed by atoms with Crippen molar-refractivity contribution in [2.75, 3.05) is 17.4 Å². The molecule has 0 atom stereocenters. The molecular formula is C32H37ClN4O2S. The molecule has 3 N–H and O–H groups in total. The Hall–Kier alpha value is -3.26. The van der Waals surface area contributed by atoms with Gasteiger partial charge in [0.05, 0.1) is 17.1 Å². The molecule has 1 aromatic heterocycles. The topological polar surface area (TPSA) is 81.5 Å². The van der Waals surface area contributed by atoms with Crippen molar-refractivity contribution in [2.24, 2.45) is 5.92 Å². The summed E-state index contributed by atoms with van der Waals surface area (Å²) in [6.07, 6.45) is 5.26. The van der Waals surface area contributed by atoms with Gasteiger partial charge in [-0.2, -0.15) is 0 Å². The maximum atomic E-state index is 10.5. The van der Waals surface area contributed by atoms with E-state index in [-0.39, 0.29) is 16.8 Å². The van der Waals surface area contributed by atoms with Crippen LogP contribution in [0.5, 0.6) is 11.5 Å². The highest BCUT2D eigenvalue weighted by atomic mass is 35.5. The first kappa shape index (κ1) is 29.7. The highest BCUT2D eigenvalue weighted by Gasteiger charge is 2.17. The average molecular weight is 577 g/mol. The standard InChI is InChI=1S/C30H31ClN4O2S.C2H6/c1-20-18-33-30(31)34-29(20)24-5-7-25(8-6-24)35(38-28-10-9-26(36)17-27(28)37)19-23-4-2-3-22(16-23)15-21-11-13-32-14-12-21;1-2/h2-10,16-18,21,32,36-37H,11-15,19H2,1H3;1-2H3. The number of aromatic nitrogens is 2. The molecule has 4 aromatic rings. The number of hydrogen-bond acceptors (Lipinski definition) is 7. The van der Waals surface area contributed by atoms with E-state index in [0.717, 1.165) is 47.9 Å². The van der Waals surface area contributed by atoms with Gasteiger partial charge in [0.25, 0.3) is 0 Å². The number of aryl methyl sites for hydroxylation is 1. The number of nitrogens with zero attached hydrogens (tertiary/aromatic N) is 3. The number of phenolic OH excluding ortho intramolecular Hbond substituents is 2. The Morgan fingerprint density at radius 3 is 2.42 bits per heavy atom. The lowest BCUT2D eigenvalue weighted by Gasteiger charge is -2.25. The molecule has 0 bridgehead atoms. The molecule has 0 radical (unpaired) electrons. The van der Waals surface area contributed by atoms with Crippen molar-refractivity contribution < 1.29 is 10.2 Å². The molecule has 1 aliphatic heterocycles. The van der Waals surface area contributed by atoms with Gasteiger partial charge in [-0.3, -0.25) is 0 Å². The predicted molar refractivity (Wildman–Crippen MR) is 166 cm³/mol. The van der Waals surface area contributed by atoms with Gasteiger partial charge in [0.2, 0.25) is 5.28 Å². The molecule has 2 heterocycles. The van der Waals surface area contributed by atoms with E-state index in [9.17, 15) is 10.2 Å². The highest BCUT2D eigenvalue weighted by Crippen LogP contribution is 2.38. The second-order valence-electron chi connectivity index (χ2n) is 9.71. The van der Waals surface area contributed by atoms with Crippen molar-refractivity contribution in [2.45, 2.75) is 51.5 Å². The zero-order valence-corrected chi connectivity index (χ0v) is 24.8. The number of aromatic hydroxyl groups is 2. The fraction of sp³-hybridized carbons (Fsp3) is 0.312. The number of hydrogen-bond donors (Lipinski definition) is 3. The highest BCUT2D eigenvalue weighted by molar-refractivity contribution is 8.00. The first-order valence-electron chi connectivity index (χ1n) is 13.8. The third-order valence-electron chi connectivity index (χ3n) is 6.82. The quantitative estimate of drug-likeness (QED) is 0.146. The number of nitrogens with one attached hydrogen (secondary N) is 1. The summed E-state index contributed by atoms with van der Waals surface area (Å²) >= 11 is 7.49. The van der Waals surface area contributed by atoms with E-state index in [0.29, 0.717) is 11.4 Å². The molecule has 0 saturated carbocycles. The molecule has 0 unspecified atom stereocenters. The number of benzene rings is 3. The van der Waals surface area contributed by atoms with E-state index in [1.807, 2.05) is 45.0 Å². The van der Waals surface area contributed by atoms with Crippen LogP contribution in [-0.2, 0) is 13.0 Å². The van der Waals surface area contributed by atoms with Gasteiger partial charge in [-0.25, -0.2) is 9.97 Å². The Balaban J connectivity index is 0.00000181. The van der Waals surface area contributed by atoms with E-state index >= 15 is 0 Å². The monoisotopic (exact) mass is 576 g/mol. The first-order chi connectivity index (χ1) is 19.4. The minimum atomic E-state index is 0.0345. The van der Waals surface area contributed by atoms with Crippen LogP contribution in [0.15, 0.2) is 77.8 Å². The summed E-state index contributed by atoms with van der Waals surface area (Å²) in [5.41, 5.74) is 6.25. The molecule has 1 aliphatic rings. The molecule has 0 amide bonds. The molecule has 40 heavy (non-hydrogen) atoms. The summed E-state index contributed by atoms with van der Waals surface area (Å²) in [4.78, 5) is 9.13. The van der Waals surface area contributed by atoms with E-state index < -0.39 is 0 Å². The summed E-state index contributed by atoms with van der Waals surface area (Å²) in [6, 6.07) is 21.6. The molecular weight excluding hydrogens is 540 g/mol. The van der Waals surface area contributed by atoms with E-state index in [1.54, 1.807) is 18.3 Å². The van der Waals surface area contributed by atoms with Gasteiger partial charge in [-0.05, 0) is 110 Å². The summed E-state index contributed by atoms with van der Waals surface area (Å²) in [7, 11) is 0. The average Bonchev–Trinajstić information content (AvgIpc) is 2.97. The molecule has 8 heteroatoms. The van der Waals surface area contributed by atoms with Gasteiger partial charge in [-0.15, -0.1) is 0 Å². The van der Waals surface area contributed by atoms with Gasteiger partial charge >= 0.3 is 0 Å². The van der Waals surface area contributed by atoms with Crippen LogP contribution in [-0.4, -0.2) is 33.3 Å². The number of rotatable bonds is 8. The van der Waals surface area contributed by atoms with Crippen molar-refractivity contribution in [3.05, 3.63) is 94.9 Å². The first-order valence-corrected chi connectivity index (χ1v) is 15.0. The zero-order chi connectivity index (χ0) is 28.5. The molecule has 0 aliphatic carbocycles. The Kier molecular flexibility index (Phi) is 10.7. The van der Waals surface area contributed by atoms with E-state index in [4.69, 9.17) is 11.6 Å². The van der Waals surface area contributed by atoms with Crippen LogP contribution < -0.4 is 9.62 Å².